The lowest BCUT2D eigenvalue weighted by Crippen LogP contribution is -2.32. The molecular formula is C18H25N5S. The van der Waals surface area contributed by atoms with E-state index in [1.165, 1.54) is 25.7 Å². The van der Waals surface area contributed by atoms with Gasteiger partial charge in [-0.15, -0.1) is 0 Å². The Labute approximate surface area is 148 Å². The van der Waals surface area contributed by atoms with Crippen molar-refractivity contribution in [1.82, 2.24) is 24.2 Å². The molecule has 0 bridgehead atoms. The third kappa shape index (κ3) is 3.30. The number of pyridine rings is 1. The van der Waals surface area contributed by atoms with E-state index in [-0.39, 0.29) is 0 Å². The van der Waals surface area contributed by atoms with Crippen molar-refractivity contribution in [2.75, 3.05) is 6.54 Å². The molecule has 0 N–H and O–H groups in total. The van der Waals surface area contributed by atoms with E-state index in [1.807, 2.05) is 16.9 Å². The Morgan fingerprint density at radius 2 is 2.08 bits per heavy atom. The summed E-state index contributed by atoms with van der Waals surface area (Å²) in [6.07, 6.45) is 8.69. The largest absolute Gasteiger partial charge is 0.297 e. The first kappa shape index (κ1) is 16.0. The van der Waals surface area contributed by atoms with E-state index in [0.717, 1.165) is 29.4 Å². The molecule has 0 atom stereocenters. The summed E-state index contributed by atoms with van der Waals surface area (Å²) in [5, 5.41) is 4.89. The molecule has 0 unspecified atom stereocenters. The fraction of sp³-hybridized carbons (Fsp3) is 0.611. The predicted octanol–water partition coefficient (Wildman–Crippen LogP) is 3.89. The molecule has 0 aromatic carbocycles. The van der Waals surface area contributed by atoms with Crippen LogP contribution < -0.4 is 0 Å². The van der Waals surface area contributed by atoms with E-state index in [1.54, 1.807) is 6.20 Å². The maximum absolute atomic E-state index is 5.78. The fourth-order valence-corrected chi connectivity index (χ4v) is 3.60. The Hall–Kier alpha value is -1.53. The van der Waals surface area contributed by atoms with E-state index in [4.69, 9.17) is 17.3 Å². The van der Waals surface area contributed by atoms with Crippen LogP contribution in [0, 0.1) is 10.7 Å². The summed E-state index contributed by atoms with van der Waals surface area (Å²) in [4.78, 5) is 6.79. The average Bonchev–Trinajstić information content (AvgIpc) is 3.46. The molecule has 128 valence electrons. The van der Waals surface area contributed by atoms with Crippen LogP contribution in [0.25, 0.3) is 11.4 Å². The number of hydrogen-bond acceptors (Lipinski definition) is 4. The Bertz CT molecular complexity index is 755. The standard InChI is InChI=1S/C18H25N5S/c1-13(2)11-21(15-5-6-15)12-22-18(24)23(16-7-8-16)17(20-22)14-4-3-9-19-10-14/h3-4,9-10,13,15-16H,5-8,11-12H2,1-2H3. The number of nitrogens with zero attached hydrogens (tertiary/aromatic N) is 5. The van der Waals surface area contributed by atoms with Crippen molar-refractivity contribution >= 4 is 12.2 Å². The quantitative estimate of drug-likeness (QED) is 0.715. The highest BCUT2D eigenvalue weighted by atomic mass is 32.1. The van der Waals surface area contributed by atoms with Gasteiger partial charge in [-0.3, -0.25) is 14.5 Å². The highest BCUT2D eigenvalue weighted by Gasteiger charge is 2.32. The van der Waals surface area contributed by atoms with Crippen molar-refractivity contribution in [2.24, 2.45) is 5.92 Å². The van der Waals surface area contributed by atoms with Crippen LogP contribution in [0.1, 0.15) is 45.6 Å². The second kappa shape index (κ2) is 6.41. The summed E-state index contributed by atoms with van der Waals surface area (Å²) in [5.74, 6) is 1.62. The molecule has 2 fully saturated rings. The van der Waals surface area contributed by atoms with Crippen molar-refractivity contribution < 1.29 is 0 Å². The van der Waals surface area contributed by atoms with Crippen molar-refractivity contribution in [2.45, 2.75) is 58.3 Å². The van der Waals surface area contributed by atoms with Crippen LogP contribution in [-0.4, -0.2) is 36.8 Å². The van der Waals surface area contributed by atoms with Gasteiger partial charge >= 0.3 is 0 Å². The lowest BCUT2D eigenvalue weighted by Gasteiger charge is -2.23. The van der Waals surface area contributed by atoms with Crippen LogP contribution in [-0.2, 0) is 6.67 Å². The summed E-state index contributed by atoms with van der Waals surface area (Å²) in [5.41, 5.74) is 1.05. The van der Waals surface area contributed by atoms with Gasteiger partial charge in [0.05, 0.1) is 6.67 Å². The Morgan fingerprint density at radius 1 is 1.29 bits per heavy atom. The topological polar surface area (TPSA) is 38.9 Å². The molecule has 0 amide bonds. The third-order valence-corrected chi connectivity index (χ3v) is 5.09. The van der Waals surface area contributed by atoms with E-state index >= 15 is 0 Å². The Kier molecular flexibility index (Phi) is 4.26. The van der Waals surface area contributed by atoms with Gasteiger partial charge in [0.1, 0.15) is 0 Å². The molecule has 0 radical (unpaired) electrons. The lowest BCUT2D eigenvalue weighted by molar-refractivity contribution is 0.174. The molecule has 0 spiro atoms. The molecule has 0 saturated heterocycles. The minimum atomic E-state index is 0.515. The molecule has 4 rings (SSSR count). The maximum Gasteiger partial charge on any atom is 0.199 e. The first-order valence-corrected chi connectivity index (χ1v) is 9.38. The molecule has 2 saturated carbocycles. The summed E-state index contributed by atoms with van der Waals surface area (Å²) in [6, 6.07) is 5.26. The van der Waals surface area contributed by atoms with Crippen LogP contribution in [0.5, 0.6) is 0 Å². The van der Waals surface area contributed by atoms with Gasteiger partial charge in [0.2, 0.25) is 0 Å². The predicted molar refractivity (Wildman–Crippen MR) is 97.1 cm³/mol. The van der Waals surface area contributed by atoms with Gasteiger partial charge in [0.25, 0.3) is 0 Å². The normalized spacial score (nSPS) is 17.8. The molecule has 0 aliphatic heterocycles. The van der Waals surface area contributed by atoms with E-state index < -0.39 is 0 Å². The maximum atomic E-state index is 5.78. The van der Waals surface area contributed by atoms with Crippen LogP contribution in [0.4, 0.5) is 0 Å². The molecule has 2 heterocycles. The smallest absolute Gasteiger partial charge is 0.199 e. The SMILES string of the molecule is CC(C)CN(Cn1nc(-c2cccnc2)n(C2CC2)c1=S)C1CC1. The van der Waals surface area contributed by atoms with Gasteiger partial charge in [0, 0.05) is 36.6 Å². The summed E-state index contributed by atoms with van der Waals surface area (Å²) in [7, 11) is 0. The second-order valence-electron chi connectivity index (χ2n) is 7.49. The number of hydrogen-bond donors (Lipinski definition) is 0. The first-order chi connectivity index (χ1) is 11.6. The van der Waals surface area contributed by atoms with Crippen molar-refractivity contribution in [1.29, 1.82) is 0 Å². The molecule has 24 heavy (non-hydrogen) atoms. The number of rotatable bonds is 7. The van der Waals surface area contributed by atoms with Crippen LogP contribution in [0.3, 0.4) is 0 Å². The highest BCUT2D eigenvalue weighted by Crippen LogP contribution is 2.38. The van der Waals surface area contributed by atoms with E-state index in [9.17, 15) is 0 Å². The molecule has 5 nitrogen and oxygen atoms in total. The van der Waals surface area contributed by atoms with Gasteiger partial charge in [-0.1, -0.05) is 13.8 Å². The number of aromatic nitrogens is 4. The summed E-state index contributed by atoms with van der Waals surface area (Å²) >= 11 is 5.78. The van der Waals surface area contributed by atoms with Gasteiger partial charge < -0.3 is 0 Å². The molecule has 2 aromatic rings. The van der Waals surface area contributed by atoms with Crippen LogP contribution >= 0.6 is 12.2 Å². The van der Waals surface area contributed by atoms with Gasteiger partial charge in [-0.05, 0) is 56.0 Å². The Balaban J connectivity index is 1.67. The van der Waals surface area contributed by atoms with Crippen molar-refractivity contribution in [3.63, 3.8) is 0 Å². The fourth-order valence-electron chi connectivity index (χ4n) is 3.27. The van der Waals surface area contributed by atoms with Crippen molar-refractivity contribution in [3.8, 4) is 11.4 Å². The summed E-state index contributed by atoms with van der Waals surface area (Å²) in [6.45, 7) is 6.46. The van der Waals surface area contributed by atoms with Gasteiger partial charge in [-0.2, -0.15) is 5.10 Å². The van der Waals surface area contributed by atoms with Gasteiger partial charge in [-0.25, -0.2) is 4.68 Å². The van der Waals surface area contributed by atoms with E-state index in [0.29, 0.717) is 18.0 Å². The molecule has 6 heteroatoms. The van der Waals surface area contributed by atoms with Crippen molar-refractivity contribution in [3.05, 3.63) is 29.3 Å². The Morgan fingerprint density at radius 3 is 2.67 bits per heavy atom. The zero-order valence-corrected chi connectivity index (χ0v) is 15.2. The van der Waals surface area contributed by atoms with Crippen LogP contribution in [0.15, 0.2) is 24.5 Å². The minimum Gasteiger partial charge on any atom is -0.297 e. The zero-order valence-electron chi connectivity index (χ0n) is 14.4. The summed E-state index contributed by atoms with van der Waals surface area (Å²) < 4.78 is 5.12. The van der Waals surface area contributed by atoms with Gasteiger partial charge in [0.15, 0.2) is 10.6 Å². The molecular weight excluding hydrogens is 318 g/mol. The van der Waals surface area contributed by atoms with E-state index in [2.05, 4.69) is 34.4 Å². The zero-order chi connectivity index (χ0) is 16.7. The minimum absolute atomic E-state index is 0.515. The molecule has 2 aliphatic carbocycles. The molecule has 2 aromatic heterocycles. The third-order valence-electron chi connectivity index (χ3n) is 4.68. The molecule has 2 aliphatic rings. The first-order valence-electron chi connectivity index (χ1n) is 8.97. The second-order valence-corrected chi connectivity index (χ2v) is 7.85. The highest BCUT2D eigenvalue weighted by molar-refractivity contribution is 7.71. The van der Waals surface area contributed by atoms with Crippen LogP contribution in [0.2, 0.25) is 0 Å². The average molecular weight is 344 g/mol. The monoisotopic (exact) mass is 343 g/mol. The lowest BCUT2D eigenvalue weighted by atomic mass is 10.2.